The van der Waals surface area contributed by atoms with Crippen molar-refractivity contribution in [1.29, 1.82) is 0 Å². The number of nitrogens with one attached hydrogen (secondary N) is 2. The van der Waals surface area contributed by atoms with E-state index in [2.05, 4.69) is 15.4 Å². The molecule has 9 nitrogen and oxygen atoms in total. The van der Waals surface area contributed by atoms with Gasteiger partial charge in [0.2, 0.25) is 0 Å². The van der Waals surface area contributed by atoms with Crippen LogP contribution in [-0.4, -0.2) is 50.4 Å². The highest BCUT2D eigenvalue weighted by atomic mass is 16.6. The zero-order valence-electron chi connectivity index (χ0n) is 23.1. The van der Waals surface area contributed by atoms with Crippen LogP contribution in [0.5, 0.6) is 0 Å². The molecule has 43 heavy (non-hydrogen) atoms. The Morgan fingerprint density at radius 2 is 0.791 bits per heavy atom. The van der Waals surface area contributed by atoms with E-state index in [4.69, 9.17) is 9.47 Å². The van der Waals surface area contributed by atoms with Gasteiger partial charge in [-0.25, -0.2) is 19.2 Å². The Bertz CT molecular complexity index is 1500. The lowest BCUT2D eigenvalue weighted by Gasteiger charge is -2.14. The molecule has 0 aromatic heterocycles. The van der Waals surface area contributed by atoms with Crippen LogP contribution in [0.3, 0.4) is 0 Å². The fourth-order valence-corrected chi connectivity index (χ4v) is 5.79. The topological polar surface area (TPSA) is 120 Å². The predicted octanol–water partition coefficient (Wildman–Crippen LogP) is 5.13. The molecule has 6 rings (SSSR count). The summed E-state index contributed by atoms with van der Waals surface area (Å²) in [6.07, 6.45) is -1.63. The number of alkyl carbamates (subject to hydrolysis) is 2. The highest BCUT2D eigenvalue weighted by Gasteiger charge is 2.30. The summed E-state index contributed by atoms with van der Waals surface area (Å²) in [7, 11) is 0. The summed E-state index contributed by atoms with van der Waals surface area (Å²) in [5.74, 6) is -2.24. The van der Waals surface area contributed by atoms with Gasteiger partial charge in [-0.05, 0) is 44.5 Å². The van der Waals surface area contributed by atoms with Gasteiger partial charge in [0, 0.05) is 11.8 Å². The fraction of sp³-hybridized carbons (Fsp3) is 0.176. The van der Waals surface area contributed by atoms with Crippen LogP contribution in [0.2, 0.25) is 0 Å². The maximum absolute atomic E-state index is 12.3. The van der Waals surface area contributed by atoms with Crippen molar-refractivity contribution in [2.24, 2.45) is 0 Å². The first-order valence-electron chi connectivity index (χ1n) is 13.9. The number of amides is 2. The zero-order valence-corrected chi connectivity index (χ0v) is 23.1. The Balaban J connectivity index is 0.914. The van der Waals surface area contributed by atoms with Gasteiger partial charge in [0.1, 0.15) is 26.3 Å². The molecule has 0 heterocycles. The molecule has 2 aliphatic carbocycles. The van der Waals surface area contributed by atoms with Gasteiger partial charge in [-0.3, -0.25) is 0 Å². The number of esters is 2. The molecule has 216 valence electrons. The average Bonchev–Trinajstić information content (AvgIpc) is 3.53. The molecule has 2 N–H and O–H groups in total. The molecular formula is C34H28N2O7. The first-order valence-corrected chi connectivity index (χ1v) is 13.9. The summed E-state index contributed by atoms with van der Waals surface area (Å²) in [6.45, 7) is -0.990. The van der Waals surface area contributed by atoms with Crippen LogP contribution in [0.1, 0.15) is 34.1 Å². The fourth-order valence-electron chi connectivity index (χ4n) is 5.79. The van der Waals surface area contributed by atoms with Gasteiger partial charge >= 0.3 is 24.1 Å². The van der Waals surface area contributed by atoms with Crippen molar-refractivity contribution >= 4 is 24.1 Å². The Labute approximate surface area is 247 Å². The van der Waals surface area contributed by atoms with Crippen molar-refractivity contribution in [2.75, 3.05) is 26.3 Å². The lowest BCUT2D eigenvalue weighted by Crippen LogP contribution is -2.36. The van der Waals surface area contributed by atoms with Gasteiger partial charge in [-0.1, -0.05) is 97.1 Å². The van der Waals surface area contributed by atoms with Crippen LogP contribution < -0.4 is 10.6 Å². The zero-order chi connectivity index (χ0) is 29.8. The molecule has 0 bridgehead atoms. The first-order chi connectivity index (χ1) is 21.0. The molecule has 9 heteroatoms. The highest BCUT2D eigenvalue weighted by molar-refractivity contribution is 5.90. The van der Waals surface area contributed by atoms with Gasteiger partial charge in [0.05, 0.1) is 0 Å². The molecular weight excluding hydrogens is 548 g/mol. The number of hydrogen-bond donors (Lipinski definition) is 2. The monoisotopic (exact) mass is 576 g/mol. The first kappa shape index (κ1) is 27.7. The third-order valence-electron chi connectivity index (χ3n) is 7.67. The summed E-state index contributed by atoms with van der Waals surface area (Å²) in [5, 5.41) is 4.58. The molecule has 0 radical (unpaired) electrons. The van der Waals surface area contributed by atoms with Crippen molar-refractivity contribution in [3.8, 4) is 22.3 Å². The lowest BCUT2D eigenvalue weighted by molar-refractivity contribution is -0.158. The molecule has 0 aliphatic heterocycles. The number of rotatable bonds is 8. The predicted molar refractivity (Wildman–Crippen MR) is 157 cm³/mol. The van der Waals surface area contributed by atoms with E-state index < -0.39 is 37.2 Å². The SMILES string of the molecule is O=C(CNC(=O)OCC1c2ccccc2-c2ccccc21)OC(=O)CNC(=O)OCC1c2ccccc2-c2ccccc21. The van der Waals surface area contributed by atoms with Crippen LogP contribution in [0.15, 0.2) is 97.1 Å². The van der Waals surface area contributed by atoms with E-state index in [0.717, 1.165) is 44.5 Å². The smallest absolute Gasteiger partial charge is 0.407 e. The third kappa shape index (κ3) is 5.83. The van der Waals surface area contributed by atoms with Crippen molar-refractivity contribution in [1.82, 2.24) is 10.6 Å². The summed E-state index contributed by atoms with van der Waals surface area (Å²) < 4.78 is 15.4. The highest BCUT2D eigenvalue weighted by Crippen LogP contribution is 2.45. The Morgan fingerprint density at radius 3 is 1.12 bits per heavy atom. The van der Waals surface area contributed by atoms with Crippen LogP contribution in [0.4, 0.5) is 9.59 Å². The number of fused-ring (bicyclic) bond motifs is 6. The molecule has 0 saturated carbocycles. The van der Waals surface area contributed by atoms with Crippen molar-refractivity contribution in [3.05, 3.63) is 119 Å². The summed E-state index contributed by atoms with van der Waals surface area (Å²) in [6, 6.07) is 31.7. The van der Waals surface area contributed by atoms with Gasteiger partial charge in [-0.2, -0.15) is 0 Å². The van der Waals surface area contributed by atoms with E-state index in [9.17, 15) is 19.2 Å². The van der Waals surface area contributed by atoms with Crippen LogP contribution in [0.25, 0.3) is 22.3 Å². The minimum absolute atomic E-state index is 0.0812. The second-order valence-electron chi connectivity index (χ2n) is 10.2. The number of carbonyl (C=O) groups is 4. The second kappa shape index (κ2) is 12.2. The minimum Gasteiger partial charge on any atom is -0.449 e. The number of benzene rings is 4. The Kier molecular flexibility index (Phi) is 7.86. The number of hydrogen-bond acceptors (Lipinski definition) is 7. The quantitative estimate of drug-likeness (QED) is 0.169. The van der Waals surface area contributed by atoms with Gasteiger partial charge in [0.25, 0.3) is 0 Å². The van der Waals surface area contributed by atoms with Crippen molar-refractivity contribution in [2.45, 2.75) is 11.8 Å². The van der Waals surface area contributed by atoms with E-state index in [0.29, 0.717) is 0 Å². The maximum Gasteiger partial charge on any atom is 0.407 e. The third-order valence-corrected chi connectivity index (χ3v) is 7.67. The molecule has 0 atom stereocenters. The molecule has 0 spiro atoms. The van der Waals surface area contributed by atoms with Gasteiger partial charge in [0.15, 0.2) is 0 Å². The number of ether oxygens (including phenoxy) is 3. The van der Waals surface area contributed by atoms with E-state index >= 15 is 0 Å². The maximum atomic E-state index is 12.3. The summed E-state index contributed by atoms with van der Waals surface area (Å²) in [4.78, 5) is 48.7. The number of carbonyl (C=O) groups excluding carboxylic acids is 4. The summed E-state index contributed by atoms with van der Waals surface area (Å²) in [5.41, 5.74) is 8.63. The van der Waals surface area contributed by atoms with Gasteiger partial charge in [-0.15, -0.1) is 0 Å². The average molecular weight is 577 g/mol. The van der Waals surface area contributed by atoms with E-state index in [1.54, 1.807) is 0 Å². The van der Waals surface area contributed by atoms with Gasteiger partial charge < -0.3 is 24.8 Å². The lowest BCUT2D eigenvalue weighted by atomic mass is 9.98. The van der Waals surface area contributed by atoms with Crippen LogP contribution in [0, 0.1) is 0 Å². The standard InChI is InChI=1S/C34H28N2O7/c37-31(17-35-33(39)41-19-29-25-13-5-1-9-21(25)22-10-2-6-14-26(22)29)43-32(38)18-36-34(40)42-20-30-27-15-7-3-11-23(27)24-12-4-8-16-28(24)30/h1-16,29-30H,17-20H2,(H,35,39)(H,36,40). The van der Waals surface area contributed by atoms with E-state index in [1.807, 2.05) is 97.1 Å². The normalized spacial score (nSPS) is 12.7. The van der Waals surface area contributed by atoms with Crippen molar-refractivity contribution in [3.63, 3.8) is 0 Å². The van der Waals surface area contributed by atoms with E-state index in [1.165, 1.54) is 0 Å². The Morgan fingerprint density at radius 1 is 0.488 bits per heavy atom. The minimum atomic E-state index is -0.993. The molecule has 4 aromatic rings. The molecule has 2 amide bonds. The van der Waals surface area contributed by atoms with Crippen molar-refractivity contribution < 1.29 is 33.4 Å². The van der Waals surface area contributed by atoms with E-state index in [-0.39, 0.29) is 25.0 Å². The largest absolute Gasteiger partial charge is 0.449 e. The second-order valence-corrected chi connectivity index (χ2v) is 10.2. The molecule has 0 saturated heterocycles. The molecule has 0 unspecified atom stereocenters. The summed E-state index contributed by atoms with van der Waals surface area (Å²) >= 11 is 0. The molecule has 0 fully saturated rings. The molecule has 4 aromatic carbocycles. The molecule has 2 aliphatic rings. The Hall–Kier alpha value is -5.44. The van der Waals surface area contributed by atoms with Crippen LogP contribution in [-0.2, 0) is 23.8 Å². The van der Waals surface area contributed by atoms with Crippen LogP contribution >= 0.6 is 0 Å².